The number of carbonyl (C=O) groups is 1. The van der Waals surface area contributed by atoms with Crippen molar-refractivity contribution in [2.75, 3.05) is 12.4 Å². The van der Waals surface area contributed by atoms with Crippen LogP contribution >= 0.6 is 0 Å². The smallest absolute Gasteiger partial charge is 0.224 e. The molecule has 3 N–H and O–H groups in total. The third-order valence-corrected chi connectivity index (χ3v) is 4.55. The maximum atomic E-state index is 13.8. The number of anilines is 1. The highest BCUT2D eigenvalue weighted by Crippen LogP contribution is 2.34. The first kappa shape index (κ1) is 18.8. The maximum Gasteiger partial charge on any atom is 0.224 e. The number of hydrogen-bond donors (Lipinski definition) is 3. The Balaban J connectivity index is 1.90. The molecule has 0 saturated carbocycles. The van der Waals surface area contributed by atoms with Crippen LogP contribution in [-0.2, 0) is 4.79 Å². The third kappa shape index (κ3) is 4.09. The lowest BCUT2D eigenvalue weighted by Gasteiger charge is -2.29. The van der Waals surface area contributed by atoms with Gasteiger partial charge in [0.15, 0.2) is 11.6 Å². The first-order valence-electron chi connectivity index (χ1n) is 8.42. The van der Waals surface area contributed by atoms with Crippen molar-refractivity contribution in [2.24, 2.45) is 0 Å². The van der Waals surface area contributed by atoms with E-state index in [1.807, 2.05) is 0 Å². The van der Waals surface area contributed by atoms with Crippen molar-refractivity contribution in [3.8, 4) is 5.75 Å². The van der Waals surface area contributed by atoms with Crippen molar-refractivity contribution >= 4 is 11.6 Å². The molecular weight excluding hydrogens is 354 g/mol. The number of rotatable bonds is 5. The highest BCUT2D eigenvalue weighted by molar-refractivity contribution is 5.80. The van der Waals surface area contributed by atoms with Crippen LogP contribution in [0.2, 0.25) is 0 Å². The molecule has 5 nitrogen and oxygen atoms in total. The topological polar surface area (TPSA) is 70.6 Å². The van der Waals surface area contributed by atoms with Crippen LogP contribution in [0.1, 0.15) is 23.5 Å². The van der Waals surface area contributed by atoms with Gasteiger partial charge in [-0.3, -0.25) is 4.79 Å². The van der Waals surface area contributed by atoms with E-state index in [-0.39, 0.29) is 18.1 Å². The van der Waals surface area contributed by atoms with Gasteiger partial charge in [-0.05, 0) is 36.2 Å². The van der Waals surface area contributed by atoms with Crippen molar-refractivity contribution in [1.29, 1.82) is 0 Å². The lowest BCUT2D eigenvalue weighted by molar-refractivity contribution is -0.120. The van der Waals surface area contributed by atoms with Gasteiger partial charge in [0.05, 0.1) is 7.11 Å². The number of nitrogens with one attached hydrogen (secondary N) is 2. The van der Waals surface area contributed by atoms with Crippen molar-refractivity contribution in [3.05, 3.63) is 70.9 Å². The summed E-state index contributed by atoms with van der Waals surface area (Å²) < 4.78 is 32.4. The van der Waals surface area contributed by atoms with Crippen molar-refractivity contribution < 1.29 is 23.4 Å². The minimum absolute atomic E-state index is 0.0444. The van der Waals surface area contributed by atoms with Crippen LogP contribution in [0.15, 0.2) is 48.2 Å². The fourth-order valence-electron chi connectivity index (χ4n) is 3.13. The van der Waals surface area contributed by atoms with Crippen molar-refractivity contribution in [2.45, 2.75) is 25.5 Å². The monoisotopic (exact) mass is 374 g/mol. The number of halogens is 2. The van der Waals surface area contributed by atoms with Crippen LogP contribution in [-0.4, -0.2) is 24.4 Å². The van der Waals surface area contributed by atoms with Gasteiger partial charge in [-0.1, -0.05) is 12.1 Å². The number of aliphatic hydroxyl groups is 1. The second-order valence-corrected chi connectivity index (χ2v) is 6.37. The predicted octanol–water partition coefficient (Wildman–Crippen LogP) is 3.20. The fourth-order valence-corrected chi connectivity index (χ4v) is 3.13. The molecule has 1 aliphatic heterocycles. The molecule has 1 amide bonds. The summed E-state index contributed by atoms with van der Waals surface area (Å²) in [6.07, 6.45) is 0.335. The first-order valence-corrected chi connectivity index (χ1v) is 8.42. The van der Waals surface area contributed by atoms with Crippen molar-refractivity contribution in [1.82, 2.24) is 5.32 Å². The Morgan fingerprint density at radius 2 is 2.07 bits per heavy atom. The average Bonchev–Trinajstić information content (AvgIpc) is 2.63. The van der Waals surface area contributed by atoms with Gasteiger partial charge in [0.1, 0.15) is 12.0 Å². The van der Waals surface area contributed by atoms with Gasteiger partial charge in [-0.25, -0.2) is 8.78 Å². The fraction of sp³-hybridized carbons (Fsp3) is 0.250. The predicted molar refractivity (Wildman–Crippen MR) is 97.3 cm³/mol. The molecule has 2 unspecified atom stereocenters. The minimum atomic E-state index is -1.17. The summed E-state index contributed by atoms with van der Waals surface area (Å²) in [5.74, 6) is -1.58. The molecule has 7 heteroatoms. The number of hydrogen-bond acceptors (Lipinski definition) is 4. The molecule has 2 aromatic carbocycles. The molecule has 0 aliphatic carbocycles. The van der Waals surface area contributed by atoms with Gasteiger partial charge in [-0.2, -0.15) is 0 Å². The summed E-state index contributed by atoms with van der Waals surface area (Å²) in [5.41, 5.74) is 2.12. The Morgan fingerprint density at radius 3 is 2.78 bits per heavy atom. The molecule has 3 rings (SSSR count). The zero-order valence-electron chi connectivity index (χ0n) is 14.9. The second-order valence-electron chi connectivity index (χ2n) is 6.37. The summed E-state index contributed by atoms with van der Waals surface area (Å²) in [5, 5.41) is 16.2. The van der Waals surface area contributed by atoms with Gasteiger partial charge in [0.2, 0.25) is 5.91 Å². The third-order valence-electron chi connectivity index (χ3n) is 4.55. The molecule has 1 aliphatic rings. The molecule has 0 radical (unpaired) electrons. The number of carbonyl (C=O) groups excluding carboxylic acids is 1. The average molecular weight is 374 g/mol. The van der Waals surface area contributed by atoms with E-state index in [9.17, 15) is 18.7 Å². The highest BCUT2D eigenvalue weighted by Gasteiger charge is 2.29. The van der Waals surface area contributed by atoms with Crippen LogP contribution in [0, 0.1) is 18.6 Å². The SMILES string of the molecule is COc1cc(NC(O)C2=CNC(=O)CC2c2cccc(F)c2)c(C)cc1F. The van der Waals surface area contributed by atoms with Crippen LogP contribution in [0.4, 0.5) is 14.5 Å². The number of benzene rings is 2. The zero-order chi connectivity index (χ0) is 19.6. The minimum Gasteiger partial charge on any atom is -0.494 e. The second kappa shape index (κ2) is 7.75. The molecule has 0 aromatic heterocycles. The standard InChI is InChI=1S/C20H20F2N2O3/c1-11-6-16(22)18(27-2)9-17(11)24-20(26)15-10-23-19(25)8-14(15)12-4-3-5-13(21)7-12/h3-7,9-10,14,20,24,26H,8H2,1-2H3,(H,23,25). The molecule has 27 heavy (non-hydrogen) atoms. The normalized spacial score (nSPS) is 17.7. The van der Waals surface area contributed by atoms with Crippen LogP contribution in [0.3, 0.4) is 0 Å². The Kier molecular flexibility index (Phi) is 5.41. The molecule has 0 saturated heterocycles. The van der Waals surface area contributed by atoms with Crippen molar-refractivity contribution in [3.63, 3.8) is 0 Å². The molecule has 0 spiro atoms. The zero-order valence-corrected chi connectivity index (χ0v) is 14.9. The van der Waals surface area contributed by atoms with E-state index < -0.39 is 23.8 Å². The first-order chi connectivity index (χ1) is 12.9. The lowest BCUT2D eigenvalue weighted by Crippen LogP contribution is -2.34. The van der Waals surface area contributed by atoms with E-state index in [1.54, 1.807) is 19.1 Å². The molecule has 0 bridgehead atoms. The van der Waals surface area contributed by atoms with Gasteiger partial charge in [0.25, 0.3) is 0 Å². The van der Waals surface area contributed by atoms with E-state index in [0.717, 1.165) is 0 Å². The largest absolute Gasteiger partial charge is 0.494 e. The van der Waals surface area contributed by atoms with Gasteiger partial charge in [-0.15, -0.1) is 0 Å². The number of ether oxygens (including phenoxy) is 1. The van der Waals surface area contributed by atoms with E-state index in [1.165, 1.54) is 37.6 Å². The van der Waals surface area contributed by atoms with Gasteiger partial charge >= 0.3 is 0 Å². The van der Waals surface area contributed by atoms with Crippen LogP contribution < -0.4 is 15.4 Å². The van der Waals surface area contributed by atoms with Crippen LogP contribution in [0.25, 0.3) is 0 Å². The number of aliphatic hydroxyl groups excluding tert-OH is 1. The maximum absolute atomic E-state index is 13.8. The molecule has 2 aromatic rings. The molecule has 0 fully saturated rings. The summed E-state index contributed by atoms with van der Waals surface area (Å²) in [4.78, 5) is 11.8. The number of amides is 1. The quantitative estimate of drug-likeness (QED) is 0.703. The van der Waals surface area contributed by atoms with Gasteiger partial charge in [0, 0.05) is 35.9 Å². The highest BCUT2D eigenvalue weighted by atomic mass is 19.1. The summed E-state index contributed by atoms with van der Waals surface area (Å²) in [6, 6.07) is 8.68. The van der Waals surface area contributed by atoms with E-state index in [2.05, 4.69) is 10.6 Å². The summed E-state index contributed by atoms with van der Waals surface area (Å²) in [7, 11) is 1.35. The number of methoxy groups -OCH3 is 1. The molecular formula is C20H20F2N2O3. The Labute approximate surface area is 155 Å². The molecule has 2 atom stereocenters. The van der Waals surface area contributed by atoms with Gasteiger partial charge < -0.3 is 20.5 Å². The van der Waals surface area contributed by atoms with E-state index in [0.29, 0.717) is 22.4 Å². The molecule has 1 heterocycles. The lowest BCUT2D eigenvalue weighted by atomic mass is 9.85. The number of aryl methyl sites for hydroxylation is 1. The van der Waals surface area contributed by atoms with E-state index >= 15 is 0 Å². The Morgan fingerprint density at radius 1 is 1.30 bits per heavy atom. The summed E-state index contributed by atoms with van der Waals surface area (Å²) in [6.45, 7) is 1.69. The van der Waals surface area contributed by atoms with Crippen LogP contribution in [0.5, 0.6) is 5.75 Å². The Bertz CT molecular complexity index is 899. The molecule has 142 valence electrons. The summed E-state index contributed by atoms with van der Waals surface area (Å²) >= 11 is 0. The van der Waals surface area contributed by atoms with E-state index in [4.69, 9.17) is 4.74 Å². The Hall–Kier alpha value is -2.93.